The second-order valence-electron chi connectivity index (χ2n) is 9.59. The van der Waals surface area contributed by atoms with Crippen LogP contribution < -0.4 is 23.7 Å². The quantitative estimate of drug-likeness (QED) is 0.404. The number of methoxy groups -OCH3 is 5. The number of aromatic hydroxyl groups is 1. The van der Waals surface area contributed by atoms with Crippen molar-refractivity contribution in [2.45, 2.75) is 32.0 Å². The van der Waals surface area contributed by atoms with Gasteiger partial charge in [-0.2, -0.15) is 0 Å². The van der Waals surface area contributed by atoms with E-state index in [0.717, 1.165) is 0 Å². The van der Waals surface area contributed by atoms with Crippen molar-refractivity contribution in [3.63, 3.8) is 0 Å². The molecule has 9 heteroatoms. The molecule has 0 saturated heterocycles. The van der Waals surface area contributed by atoms with Gasteiger partial charge in [0.25, 0.3) is 0 Å². The lowest BCUT2D eigenvalue weighted by atomic mass is 9.73. The zero-order valence-electron chi connectivity index (χ0n) is 23.2. The van der Waals surface area contributed by atoms with Gasteiger partial charge in [0, 0.05) is 16.7 Å². The molecular weight excluding hydrogens is 504 g/mol. The average Bonchev–Trinajstić information content (AvgIpc) is 2.94. The van der Waals surface area contributed by atoms with Crippen LogP contribution >= 0.6 is 0 Å². The smallest absolute Gasteiger partial charge is 0.338 e. The first-order valence-electron chi connectivity index (χ1n) is 12.4. The third kappa shape index (κ3) is 4.67. The van der Waals surface area contributed by atoms with E-state index in [1.807, 2.05) is 6.92 Å². The van der Waals surface area contributed by atoms with Crippen LogP contribution in [0.15, 0.2) is 42.5 Å². The molecule has 0 aromatic heterocycles. The molecule has 4 rings (SSSR count). The van der Waals surface area contributed by atoms with Crippen molar-refractivity contribution in [1.29, 1.82) is 0 Å². The molecule has 2 N–H and O–H groups in total. The molecule has 3 aromatic rings. The highest BCUT2D eigenvalue weighted by Gasteiger charge is 2.46. The fourth-order valence-corrected chi connectivity index (χ4v) is 5.19. The summed E-state index contributed by atoms with van der Waals surface area (Å²) < 4.78 is 34.6. The van der Waals surface area contributed by atoms with Crippen molar-refractivity contribution in [3.8, 4) is 45.6 Å². The minimum atomic E-state index is -1.57. The van der Waals surface area contributed by atoms with Crippen molar-refractivity contribution < 1.29 is 43.4 Å². The van der Waals surface area contributed by atoms with Gasteiger partial charge in [0.15, 0.2) is 29.1 Å². The fraction of sp³-hybridized carbons (Fsp3) is 0.367. The molecule has 1 aliphatic rings. The number of phenols is 1. The van der Waals surface area contributed by atoms with Crippen molar-refractivity contribution in [3.05, 3.63) is 59.2 Å². The zero-order chi connectivity index (χ0) is 28.5. The summed E-state index contributed by atoms with van der Waals surface area (Å²) in [5.41, 5.74) is 0.822. The number of phenolic OH excluding ortho intramolecular Hbond substituents is 1. The van der Waals surface area contributed by atoms with E-state index in [2.05, 4.69) is 0 Å². The average molecular weight is 539 g/mol. The second-order valence-corrected chi connectivity index (χ2v) is 9.59. The Morgan fingerprint density at radius 2 is 1.44 bits per heavy atom. The maximum absolute atomic E-state index is 13.4. The van der Waals surface area contributed by atoms with Crippen LogP contribution in [0.4, 0.5) is 0 Å². The van der Waals surface area contributed by atoms with E-state index in [1.165, 1.54) is 35.5 Å². The molecule has 0 aliphatic heterocycles. The standard InChI is InChI=1S/C30H34O9/c1-16-13-18-14-20(31)24(35-4)26(37-6)22(18)23-19(15-21(34-3)25(36-5)27(23)38-7)28(30(16,2)33)39-29(32)17-11-9-8-10-12-17/h8-12,14-16,28,31,33H,13H2,1-7H3/t16-,28+,30-/m0/s1. The van der Waals surface area contributed by atoms with Gasteiger partial charge >= 0.3 is 5.97 Å². The summed E-state index contributed by atoms with van der Waals surface area (Å²) in [4.78, 5) is 13.4. The molecule has 1 aliphatic carbocycles. The van der Waals surface area contributed by atoms with Gasteiger partial charge in [-0.05, 0) is 49.1 Å². The monoisotopic (exact) mass is 538 g/mol. The largest absolute Gasteiger partial charge is 0.504 e. The molecule has 3 aromatic carbocycles. The van der Waals surface area contributed by atoms with E-state index < -0.39 is 23.6 Å². The topological polar surface area (TPSA) is 113 Å². The molecule has 9 nitrogen and oxygen atoms in total. The molecule has 3 atom stereocenters. The van der Waals surface area contributed by atoms with E-state index in [1.54, 1.807) is 49.4 Å². The van der Waals surface area contributed by atoms with E-state index >= 15 is 0 Å². The Hall–Kier alpha value is -4.11. The van der Waals surface area contributed by atoms with E-state index in [9.17, 15) is 15.0 Å². The molecular formula is C30H34O9. The Balaban J connectivity index is 2.14. The zero-order valence-corrected chi connectivity index (χ0v) is 23.2. The first-order chi connectivity index (χ1) is 18.6. The lowest BCUT2D eigenvalue weighted by Crippen LogP contribution is -2.43. The van der Waals surface area contributed by atoms with E-state index in [-0.39, 0.29) is 23.0 Å². The molecule has 0 saturated carbocycles. The number of esters is 1. The molecule has 0 fully saturated rings. The third-order valence-electron chi connectivity index (χ3n) is 7.39. The Morgan fingerprint density at radius 1 is 0.846 bits per heavy atom. The number of aliphatic hydroxyl groups is 1. The van der Waals surface area contributed by atoms with Crippen molar-refractivity contribution >= 4 is 5.97 Å². The van der Waals surface area contributed by atoms with Crippen LogP contribution in [0.3, 0.4) is 0 Å². The summed E-state index contributed by atoms with van der Waals surface area (Å²) in [6, 6.07) is 11.8. The molecule has 0 radical (unpaired) electrons. The van der Waals surface area contributed by atoms with E-state index in [0.29, 0.717) is 45.7 Å². The number of carbonyl (C=O) groups excluding carboxylic acids is 1. The highest BCUT2D eigenvalue weighted by Crippen LogP contribution is 2.58. The van der Waals surface area contributed by atoms with Crippen molar-refractivity contribution in [1.82, 2.24) is 0 Å². The molecule has 208 valence electrons. The Morgan fingerprint density at radius 3 is 2.00 bits per heavy atom. The lowest BCUT2D eigenvalue weighted by molar-refractivity contribution is -0.107. The Labute approximate surface area is 227 Å². The summed E-state index contributed by atoms with van der Waals surface area (Å²) in [5, 5.41) is 22.8. The number of ether oxygens (including phenoxy) is 6. The first kappa shape index (κ1) is 27.9. The number of hydrogen-bond acceptors (Lipinski definition) is 9. The maximum atomic E-state index is 13.4. The number of hydrogen-bond donors (Lipinski definition) is 2. The van der Waals surface area contributed by atoms with Crippen molar-refractivity contribution in [2.24, 2.45) is 5.92 Å². The number of benzene rings is 3. The molecule has 0 unspecified atom stereocenters. The van der Waals surface area contributed by atoms with Crippen LogP contribution in [-0.4, -0.2) is 57.3 Å². The normalized spacial score (nSPS) is 20.0. The lowest BCUT2D eigenvalue weighted by Gasteiger charge is -2.41. The summed E-state index contributed by atoms with van der Waals surface area (Å²) in [6.07, 6.45) is -0.867. The van der Waals surface area contributed by atoms with Crippen LogP contribution in [0.1, 0.15) is 41.4 Å². The summed E-state index contributed by atoms with van der Waals surface area (Å²) in [7, 11) is 7.34. The summed E-state index contributed by atoms with van der Waals surface area (Å²) >= 11 is 0. The molecule has 0 amide bonds. The van der Waals surface area contributed by atoms with Gasteiger partial charge in [0.05, 0.1) is 41.1 Å². The van der Waals surface area contributed by atoms with Gasteiger partial charge in [-0.25, -0.2) is 4.79 Å². The first-order valence-corrected chi connectivity index (χ1v) is 12.4. The van der Waals surface area contributed by atoms with Crippen LogP contribution in [0.2, 0.25) is 0 Å². The number of carbonyl (C=O) groups is 1. The Kier molecular flexibility index (Phi) is 7.83. The summed E-state index contributed by atoms with van der Waals surface area (Å²) in [5.74, 6) is 0.0690. The van der Waals surface area contributed by atoms with Crippen LogP contribution in [0, 0.1) is 5.92 Å². The summed E-state index contributed by atoms with van der Waals surface area (Å²) in [6.45, 7) is 3.48. The van der Waals surface area contributed by atoms with E-state index in [4.69, 9.17) is 28.4 Å². The highest BCUT2D eigenvalue weighted by atomic mass is 16.6. The number of fused-ring (bicyclic) bond motifs is 3. The van der Waals surface area contributed by atoms with Gasteiger partial charge in [-0.15, -0.1) is 0 Å². The molecule has 0 heterocycles. The SMILES string of the molecule is COc1cc2c(c(OC)c1OC)-c1c(cc(O)c(OC)c1OC)C[C@H](C)[C@](C)(O)[C@@H]2OC(=O)c1ccccc1. The van der Waals surface area contributed by atoms with Gasteiger partial charge in [0.2, 0.25) is 11.5 Å². The minimum absolute atomic E-state index is 0.117. The van der Waals surface area contributed by atoms with Crippen molar-refractivity contribution in [2.75, 3.05) is 35.5 Å². The molecule has 39 heavy (non-hydrogen) atoms. The number of rotatable bonds is 7. The fourth-order valence-electron chi connectivity index (χ4n) is 5.19. The predicted molar refractivity (Wildman–Crippen MR) is 144 cm³/mol. The maximum Gasteiger partial charge on any atom is 0.338 e. The molecule has 0 bridgehead atoms. The van der Waals surface area contributed by atoms with Crippen LogP contribution in [0.5, 0.6) is 34.5 Å². The highest BCUT2D eigenvalue weighted by molar-refractivity contribution is 5.91. The Bertz CT molecular complexity index is 1370. The third-order valence-corrected chi connectivity index (χ3v) is 7.39. The predicted octanol–water partition coefficient (Wildman–Crippen LogP) is 4.94. The van der Waals surface area contributed by atoms with Gasteiger partial charge in [-0.1, -0.05) is 25.1 Å². The van der Waals surface area contributed by atoms with Crippen LogP contribution in [0.25, 0.3) is 11.1 Å². The van der Waals surface area contributed by atoms with Gasteiger partial charge in [0.1, 0.15) is 5.60 Å². The molecule has 0 spiro atoms. The van der Waals surface area contributed by atoms with Crippen LogP contribution in [-0.2, 0) is 11.2 Å². The van der Waals surface area contributed by atoms with Gasteiger partial charge in [-0.3, -0.25) is 0 Å². The van der Waals surface area contributed by atoms with Gasteiger partial charge < -0.3 is 38.6 Å². The minimum Gasteiger partial charge on any atom is -0.504 e. The second kappa shape index (κ2) is 10.9.